The first-order chi connectivity index (χ1) is 6.70. The van der Waals surface area contributed by atoms with E-state index in [-0.39, 0.29) is 11.3 Å². The van der Waals surface area contributed by atoms with Crippen LogP contribution in [0.4, 0.5) is 0 Å². The molecule has 14 heavy (non-hydrogen) atoms. The van der Waals surface area contributed by atoms with Gasteiger partial charge in [-0.05, 0) is 36.8 Å². The molecule has 3 heteroatoms. The molecule has 0 amide bonds. The summed E-state index contributed by atoms with van der Waals surface area (Å²) in [4.78, 5) is 10.9. The summed E-state index contributed by atoms with van der Waals surface area (Å²) in [5.74, 6) is -1.45. The van der Waals surface area contributed by atoms with Crippen molar-refractivity contribution in [2.75, 3.05) is 0 Å². The molecular formula is C11H11O3-. The van der Waals surface area contributed by atoms with Gasteiger partial charge in [-0.2, -0.15) is 0 Å². The van der Waals surface area contributed by atoms with E-state index in [1.54, 1.807) is 6.07 Å². The number of carboxylic acids is 1. The van der Waals surface area contributed by atoms with E-state index in [1.165, 1.54) is 6.07 Å². The smallest absolute Gasteiger partial charge is 0.335 e. The molecule has 0 unspecified atom stereocenters. The Bertz CT molecular complexity index is 382. The molecule has 0 spiro atoms. The van der Waals surface area contributed by atoms with Crippen molar-refractivity contribution in [3.8, 4) is 5.75 Å². The monoisotopic (exact) mass is 191 g/mol. The third-order valence-corrected chi connectivity index (χ3v) is 2.71. The predicted molar refractivity (Wildman–Crippen MR) is 49.5 cm³/mol. The highest BCUT2D eigenvalue weighted by Gasteiger charge is 2.17. The highest BCUT2D eigenvalue weighted by molar-refractivity contribution is 5.92. The quantitative estimate of drug-likeness (QED) is 0.728. The van der Waals surface area contributed by atoms with Crippen LogP contribution >= 0.6 is 0 Å². The van der Waals surface area contributed by atoms with Gasteiger partial charge in [0.25, 0.3) is 0 Å². The number of hydrogen-bond donors (Lipinski definition) is 1. The first-order valence-corrected chi connectivity index (χ1v) is 4.75. The maximum atomic E-state index is 11.4. The van der Waals surface area contributed by atoms with Gasteiger partial charge in [-0.15, -0.1) is 0 Å². The van der Waals surface area contributed by atoms with Crippen molar-refractivity contribution in [2.45, 2.75) is 25.7 Å². The zero-order chi connectivity index (χ0) is 10.1. The first-order valence-electron chi connectivity index (χ1n) is 4.75. The highest BCUT2D eigenvalue weighted by Crippen LogP contribution is 2.28. The molecule has 2 rings (SSSR count). The second-order valence-electron chi connectivity index (χ2n) is 3.59. The van der Waals surface area contributed by atoms with Gasteiger partial charge in [0, 0.05) is 0 Å². The van der Waals surface area contributed by atoms with Gasteiger partial charge in [0.1, 0.15) is 0 Å². The van der Waals surface area contributed by atoms with Gasteiger partial charge < -0.3 is 10.2 Å². The Hall–Kier alpha value is -1.51. The van der Waals surface area contributed by atoms with Crippen molar-refractivity contribution in [3.63, 3.8) is 0 Å². The van der Waals surface area contributed by atoms with E-state index in [0.29, 0.717) is 0 Å². The first kappa shape index (κ1) is 9.06. The fourth-order valence-electron chi connectivity index (χ4n) is 2.04. The molecule has 0 bridgehead atoms. The van der Waals surface area contributed by atoms with Crippen LogP contribution in [0.2, 0.25) is 0 Å². The standard InChI is InChI=1S/C11H12O3/c12-9-6-5-7-3-1-2-4-8(7)10(9)11(13)14/h5-6,12H,1-4H2,(H,13,14)/p-1. The average molecular weight is 191 g/mol. The lowest BCUT2D eigenvalue weighted by molar-refractivity contribution is -0.268. The molecule has 1 aromatic carbocycles. The largest absolute Gasteiger partial charge is 0.872 e. The third-order valence-electron chi connectivity index (χ3n) is 2.71. The average Bonchev–Trinajstić information content (AvgIpc) is 2.17. The van der Waals surface area contributed by atoms with Gasteiger partial charge in [0.15, 0.2) is 0 Å². The zero-order valence-corrected chi connectivity index (χ0v) is 7.75. The summed E-state index contributed by atoms with van der Waals surface area (Å²) in [5.41, 5.74) is 1.78. The molecule has 1 aliphatic rings. The molecule has 0 radical (unpaired) electrons. The molecule has 0 fully saturated rings. The number of benzene rings is 1. The Kier molecular flexibility index (Phi) is 2.15. The van der Waals surface area contributed by atoms with E-state index in [9.17, 15) is 9.90 Å². The van der Waals surface area contributed by atoms with Crippen LogP contribution in [0.25, 0.3) is 0 Å². The molecular weight excluding hydrogens is 180 g/mol. The summed E-state index contributed by atoms with van der Waals surface area (Å²) in [6, 6.07) is 3.14. The van der Waals surface area contributed by atoms with Crippen LogP contribution < -0.4 is 5.11 Å². The lowest BCUT2D eigenvalue weighted by Crippen LogP contribution is -2.13. The zero-order valence-electron chi connectivity index (χ0n) is 7.75. The van der Waals surface area contributed by atoms with Crippen LogP contribution in [0.1, 0.15) is 34.3 Å². The van der Waals surface area contributed by atoms with E-state index in [0.717, 1.165) is 36.8 Å². The second kappa shape index (κ2) is 3.33. The van der Waals surface area contributed by atoms with Crippen LogP contribution in [-0.2, 0) is 12.8 Å². The van der Waals surface area contributed by atoms with E-state index in [1.807, 2.05) is 0 Å². The van der Waals surface area contributed by atoms with Crippen LogP contribution in [0.5, 0.6) is 5.75 Å². The fourth-order valence-corrected chi connectivity index (χ4v) is 2.04. The SMILES string of the molecule is O=C(O)c1c([O-])ccc2c1CCCC2. The summed E-state index contributed by atoms with van der Waals surface area (Å²) in [5, 5.41) is 20.3. The van der Waals surface area contributed by atoms with Gasteiger partial charge >= 0.3 is 5.97 Å². The fraction of sp³-hybridized carbons (Fsp3) is 0.364. The van der Waals surface area contributed by atoms with Crippen LogP contribution in [-0.4, -0.2) is 11.1 Å². The summed E-state index contributed by atoms with van der Waals surface area (Å²) in [7, 11) is 0. The van der Waals surface area contributed by atoms with E-state index in [4.69, 9.17) is 5.11 Å². The van der Waals surface area contributed by atoms with Gasteiger partial charge in [0.05, 0.1) is 5.56 Å². The van der Waals surface area contributed by atoms with Crippen molar-refractivity contribution >= 4 is 5.97 Å². The molecule has 0 aromatic heterocycles. The predicted octanol–water partition coefficient (Wildman–Crippen LogP) is 1.34. The highest BCUT2D eigenvalue weighted by atomic mass is 16.4. The topological polar surface area (TPSA) is 60.4 Å². The lowest BCUT2D eigenvalue weighted by atomic mass is 9.88. The maximum absolute atomic E-state index is 11.4. The minimum atomic E-state index is -1.09. The minimum absolute atomic E-state index is 0.0119. The third kappa shape index (κ3) is 1.35. The molecule has 0 heterocycles. The normalized spacial score (nSPS) is 14.9. The van der Waals surface area contributed by atoms with Crippen molar-refractivity contribution in [1.29, 1.82) is 0 Å². The van der Waals surface area contributed by atoms with Gasteiger partial charge in [-0.1, -0.05) is 17.9 Å². The Labute approximate surface area is 82.0 Å². The summed E-state index contributed by atoms with van der Waals surface area (Å²) >= 11 is 0. The number of aryl methyl sites for hydroxylation is 1. The van der Waals surface area contributed by atoms with Crippen LogP contribution in [0.3, 0.4) is 0 Å². The van der Waals surface area contributed by atoms with Gasteiger partial charge in [-0.3, -0.25) is 0 Å². The molecule has 1 aromatic rings. The van der Waals surface area contributed by atoms with Crippen molar-refractivity contribution in [3.05, 3.63) is 28.8 Å². The number of fused-ring (bicyclic) bond motifs is 1. The number of rotatable bonds is 1. The van der Waals surface area contributed by atoms with Crippen LogP contribution in [0.15, 0.2) is 12.1 Å². The Morgan fingerprint density at radius 1 is 1.29 bits per heavy atom. The number of hydrogen-bond acceptors (Lipinski definition) is 2. The van der Waals surface area contributed by atoms with E-state index >= 15 is 0 Å². The lowest BCUT2D eigenvalue weighted by Gasteiger charge is -2.21. The van der Waals surface area contributed by atoms with Crippen LogP contribution in [0, 0.1) is 0 Å². The number of aromatic carboxylic acids is 1. The second-order valence-corrected chi connectivity index (χ2v) is 3.59. The summed E-state index contributed by atoms with van der Waals surface area (Å²) < 4.78 is 0. The maximum Gasteiger partial charge on any atom is 0.335 e. The molecule has 0 aliphatic heterocycles. The van der Waals surface area contributed by atoms with Crippen molar-refractivity contribution in [2.24, 2.45) is 0 Å². The van der Waals surface area contributed by atoms with E-state index < -0.39 is 5.97 Å². The molecule has 0 saturated carbocycles. The number of carboxylic acid groups (broad SMARTS) is 1. The summed E-state index contributed by atoms with van der Waals surface area (Å²) in [6.07, 6.45) is 3.70. The van der Waals surface area contributed by atoms with Gasteiger partial charge in [-0.25, -0.2) is 4.79 Å². The number of carbonyl (C=O) groups is 1. The molecule has 1 aliphatic carbocycles. The van der Waals surface area contributed by atoms with E-state index in [2.05, 4.69) is 0 Å². The molecule has 1 N–H and O–H groups in total. The van der Waals surface area contributed by atoms with Gasteiger partial charge in [0.2, 0.25) is 0 Å². The molecule has 3 nitrogen and oxygen atoms in total. The molecule has 0 atom stereocenters. The molecule has 0 saturated heterocycles. The Balaban J connectivity index is 2.60. The minimum Gasteiger partial charge on any atom is -0.872 e. The molecule has 74 valence electrons. The Morgan fingerprint density at radius 3 is 2.71 bits per heavy atom. The van der Waals surface area contributed by atoms with Crippen molar-refractivity contribution in [1.82, 2.24) is 0 Å². The Morgan fingerprint density at radius 2 is 2.00 bits per heavy atom. The summed E-state index contributed by atoms with van der Waals surface area (Å²) in [6.45, 7) is 0. The van der Waals surface area contributed by atoms with Crippen molar-refractivity contribution < 1.29 is 15.0 Å².